The third-order valence-electron chi connectivity index (χ3n) is 4.13. The van der Waals surface area contributed by atoms with E-state index in [4.69, 9.17) is 16.6 Å². The Morgan fingerprint density at radius 2 is 2.04 bits per heavy atom. The highest BCUT2D eigenvalue weighted by molar-refractivity contribution is 7.80. The van der Waals surface area contributed by atoms with E-state index in [-0.39, 0.29) is 24.1 Å². The number of nitrogens with one attached hydrogen (secondary N) is 1. The summed E-state index contributed by atoms with van der Waals surface area (Å²) in [6.07, 6.45) is 1.48. The van der Waals surface area contributed by atoms with Crippen LogP contribution in [0.4, 0.5) is 10.1 Å². The minimum absolute atomic E-state index is 0.0619. The first kappa shape index (κ1) is 18.1. The zero-order valence-electron chi connectivity index (χ0n) is 14.1. The van der Waals surface area contributed by atoms with Gasteiger partial charge in [0.05, 0.1) is 19.2 Å². The first-order chi connectivity index (χ1) is 12.5. The lowest BCUT2D eigenvalue weighted by Gasteiger charge is -2.22. The van der Waals surface area contributed by atoms with E-state index >= 15 is 0 Å². The van der Waals surface area contributed by atoms with Crippen LogP contribution >= 0.6 is 12.2 Å². The van der Waals surface area contributed by atoms with E-state index in [0.717, 1.165) is 0 Å². The number of benzene rings is 1. The summed E-state index contributed by atoms with van der Waals surface area (Å²) in [6, 6.07) is 8.29. The highest BCUT2D eigenvalue weighted by Crippen LogP contribution is 2.24. The van der Waals surface area contributed by atoms with E-state index < -0.39 is 6.04 Å². The fraction of sp³-hybridized carbons (Fsp3) is 0.278. The number of halogens is 1. The van der Waals surface area contributed by atoms with Gasteiger partial charge in [0, 0.05) is 12.2 Å². The Kier molecular flexibility index (Phi) is 5.32. The molecule has 26 heavy (non-hydrogen) atoms. The Morgan fingerprint density at radius 1 is 1.31 bits per heavy atom. The maximum absolute atomic E-state index is 13.0. The van der Waals surface area contributed by atoms with Crippen LogP contribution in [0.2, 0.25) is 0 Å². The predicted molar refractivity (Wildman–Crippen MR) is 97.7 cm³/mol. The number of hydrogen-bond acceptors (Lipinski definition) is 4. The van der Waals surface area contributed by atoms with Crippen molar-refractivity contribution in [3.8, 4) is 0 Å². The minimum atomic E-state index is -0.701. The van der Waals surface area contributed by atoms with Crippen molar-refractivity contribution < 1.29 is 18.4 Å². The van der Waals surface area contributed by atoms with Gasteiger partial charge in [0.25, 0.3) is 5.91 Å². The number of hydrogen-bond donors (Lipinski definition) is 1. The number of amides is 2. The van der Waals surface area contributed by atoms with E-state index in [1.54, 1.807) is 23.3 Å². The summed E-state index contributed by atoms with van der Waals surface area (Å²) in [5.41, 5.74) is 0.467. The Bertz CT molecular complexity index is 808. The average molecular weight is 375 g/mol. The molecule has 1 aromatic heterocycles. The fourth-order valence-corrected chi connectivity index (χ4v) is 3.26. The number of nitrogens with zero attached hydrogens (tertiary/aromatic N) is 2. The van der Waals surface area contributed by atoms with E-state index in [9.17, 15) is 14.0 Å². The molecule has 8 heteroatoms. The van der Waals surface area contributed by atoms with Crippen LogP contribution in [0.5, 0.6) is 0 Å². The van der Waals surface area contributed by atoms with Gasteiger partial charge in [-0.2, -0.15) is 0 Å². The number of carbonyl (C=O) groups excluding carboxylic acids is 2. The molecule has 2 amide bonds. The monoisotopic (exact) mass is 375 g/mol. The number of thiocarbonyl (C=S) groups is 1. The largest absolute Gasteiger partial charge is 0.467 e. The molecule has 2 heterocycles. The van der Waals surface area contributed by atoms with Crippen molar-refractivity contribution >= 4 is 34.8 Å². The number of furan rings is 1. The van der Waals surface area contributed by atoms with Gasteiger partial charge in [-0.3, -0.25) is 14.5 Å². The van der Waals surface area contributed by atoms with Crippen molar-refractivity contribution in [1.82, 2.24) is 9.80 Å². The van der Waals surface area contributed by atoms with E-state index in [0.29, 0.717) is 29.6 Å². The van der Waals surface area contributed by atoms with Crippen molar-refractivity contribution in [3.63, 3.8) is 0 Å². The molecular formula is C18H18FN3O3S. The molecule has 1 N–H and O–H groups in total. The smallest absolute Gasteiger partial charge is 0.252 e. The molecule has 0 spiro atoms. The van der Waals surface area contributed by atoms with Crippen LogP contribution in [0.15, 0.2) is 47.1 Å². The summed E-state index contributed by atoms with van der Waals surface area (Å²) in [7, 11) is 0. The topological polar surface area (TPSA) is 65.8 Å². The molecule has 0 saturated carbocycles. The van der Waals surface area contributed by atoms with Crippen LogP contribution < -0.4 is 5.32 Å². The van der Waals surface area contributed by atoms with Crippen LogP contribution in [-0.4, -0.2) is 39.3 Å². The molecular weight excluding hydrogens is 357 g/mol. The molecule has 136 valence electrons. The zero-order chi connectivity index (χ0) is 18.7. The maximum atomic E-state index is 13.0. The molecule has 0 unspecified atom stereocenters. The standard InChI is InChI=1S/C18H18FN3O3S/c1-2-21-17(24)15(22(18(21)26)11-14-4-3-9-25-14)10-16(23)20-13-7-5-12(19)6-8-13/h3-9,15H,2,10-11H2,1H3,(H,20,23)/t15-/m1/s1. The van der Waals surface area contributed by atoms with Crippen molar-refractivity contribution in [2.24, 2.45) is 0 Å². The van der Waals surface area contributed by atoms with Crippen molar-refractivity contribution in [2.45, 2.75) is 25.9 Å². The molecule has 1 atom stereocenters. The minimum Gasteiger partial charge on any atom is -0.467 e. The lowest BCUT2D eigenvalue weighted by molar-refractivity contribution is -0.130. The van der Waals surface area contributed by atoms with Crippen molar-refractivity contribution in [3.05, 3.63) is 54.2 Å². The van der Waals surface area contributed by atoms with Gasteiger partial charge in [-0.25, -0.2) is 4.39 Å². The Labute approximate surface area is 155 Å². The zero-order valence-corrected chi connectivity index (χ0v) is 15.0. The first-order valence-electron chi connectivity index (χ1n) is 8.19. The van der Waals surface area contributed by atoms with Gasteiger partial charge in [0.2, 0.25) is 5.91 Å². The van der Waals surface area contributed by atoms with Gasteiger partial charge in [-0.1, -0.05) is 0 Å². The average Bonchev–Trinajstić information content (AvgIpc) is 3.20. The van der Waals surface area contributed by atoms with Gasteiger partial charge in [-0.15, -0.1) is 0 Å². The molecule has 1 saturated heterocycles. The molecule has 3 rings (SSSR count). The van der Waals surface area contributed by atoms with Crippen LogP contribution in [0.1, 0.15) is 19.1 Å². The highest BCUT2D eigenvalue weighted by atomic mass is 32.1. The summed E-state index contributed by atoms with van der Waals surface area (Å²) in [4.78, 5) is 28.2. The Morgan fingerprint density at radius 3 is 2.65 bits per heavy atom. The Balaban J connectivity index is 1.73. The normalized spacial score (nSPS) is 17.1. The van der Waals surface area contributed by atoms with E-state index in [2.05, 4.69) is 5.32 Å². The third kappa shape index (κ3) is 3.75. The molecule has 0 radical (unpaired) electrons. The van der Waals surface area contributed by atoms with Crippen molar-refractivity contribution in [1.29, 1.82) is 0 Å². The summed E-state index contributed by atoms with van der Waals surface area (Å²) >= 11 is 5.40. The number of anilines is 1. The van der Waals surface area contributed by atoms with Crippen LogP contribution in [0.3, 0.4) is 0 Å². The quantitative estimate of drug-likeness (QED) is 0.787. The SMILES string of the molecule is CCN1C(=O)[C@@H](CC(=O)Nc2ccc(F)cc2)N(Cc2ccco2)C1=S. The van der Waals surface area contributed by atoms with Gasteiger partial charge < -0.3 is 14.6 Å². The van der Waals surface area contributed by atoms with Gasteiger partial charge in [0.1, 0.15) is 17.6 Å². The number of carbonyl (C=O) groups is 2. The van der Waals surface area contributed by atoms with Crippen LogP contribution in [0, 0.1) is 5.82 Å². The molecule has 1 aliphatic heterocycles. The van der Waals surface area contributed by atoms with Crippen LogP contribution in [0.25, 0.3) is 0 Å². The highest BCUT2D eigenvalue weighted by Gasteiger charge is 2.42. The molecule has 0 bridgehead atoms. The maximum Gasteiger partial charge on any atom is 0.252 e. The molecule has 6 nitrogen and oxygen atoms in total. The van der Waals surface area contributed by atoms with Crippen molar-refractivity contribution in [2.75, 3.05) is 11.9 Å². The summed E-state index contributed by atoms with van der Waals surface area (Å²) in [5.74, 6) is -0.289. The summed E-state index contributed by atoms with van der Waals surface area (Å²) in [6.45, 7) is 2.57. The lowest BCUT2D eigenvalue weighted by atomic mass is 10.1. The lowest BCUT2D eigenvalue weighted by Crippen LogP contribution is -2.37. The Hall–Kier alpha value is -2.74. The first-order valence-corrected chi connectivity index (χ1v) is 8.60. The number of likely N-dealkylation sites (N-methyl/N-ethyl adjacent to an activating group) is 1. The molecule has 0 aliphatic carbocycles. The molecule has 1 fully saturated rings. The third-order valence-corrected chi connectivity index (χ3v) is 4.59. The second-order valence-electron chi connectivity index (χ2n) is 5.85. The second-order valence-corrected chi connectivity index (χ2v) is 6.21. The molecule has 1 aromatic carbocycles. The van der Waals surface area contributed by atoms with Gasteiger partial charge in [0.15, 0.2) is 5.11 Å². The summed E-state index contributed by atoms with van der Waals surface area (Å²) < 4.78 is 18.3. The van der Waals surface area contributed by atoms with E-state index in [1.165, 1.54) is 29.2 Å². The fourth-order valence-electron chi connectivity index (χ4n) is 2.85. The van der Waals surface area contributed by atoms with Gasteiger partial charge >= 0.3 is 0 Å². The molecule has 2 aromatic rings. The predicted octanol–water partition coefficient (Wildman–Crippen LogP) is 2.77. The summed E-state index contributed by atoms with van der Waals surface area (Å²) in [5, 5.41) is 3.06. The van der Waals surface area contributed by atoms with Gasteiger partial charge in [-0.05, 0) is 55.5 Å². The second kappa shape index (κ2) is 7.65. The molecule has 1 aliphatic rings. The number of rotatable bonds is 6. The van der Waals surface area contributed by atoms with Crippen LogP contribution in [-0.2, 0) is 16.1 Å². The van der Waals surface area contributed by atoms with E-state index in [1.807, 2.05) is 6.92 Å².